The van der Waals surface area contributed by atoms with E-state index in [2.05, 4.69) is 14.8 Å². The van der Waals surface area contributed by atoms with Gasteiger partial charge in [0.1, 0.15) is 0 Å². The summed E-state index contributed by atoms with van der Waals surface area (Å²) in [4.78, 5) is 26.2. The monoisotopic (exact) mass is 205 g/mol. The van der Waals surface area contributed by atoms with Gasteiger partial charge in [0.2, 0.25) is 0 Å². The van der Waals surface area contributed by atoms with Gasteiger partial charge in [-0.25, -0.2) is 9.31 Å². The molecule has 0 aliphatic carbocycles. The van der Waals surface area contributed by atoms with Gasteiger partial charge in [-0.1, -0.05) is 0 Å². The van der Waals surface area contributed by atoms with Crippen LogP contribution in [0.4, 0.5) is 0 Å². The molecule has 0 aromatic carbocycles. The Kier molecular flexibility index (Phi) is 2.17. The van der Waals surface area contributed by atoms with Gasteiger partial charge in [0.05, 0.1) is 7.11 Å². The fourth-order valence-corrected chi connectivity index (χ4v) is 1.21. The van der Waals surface area contributed by atoms with Crippen molar-refractivity contribution < 1.29 is 9.53 Å². The van der Waals surface area contributed by atoms with E-state index in [1.54, 1.807) is 12.1 Å². The standard InChI is InChI=1S/C9H7N3O3/c1-15-9(14)6-5-8(13)11-7-3-2-4-10-12(6)7/h2-5H,1H3. The molecule has 0 saturated heterocycles. The van der Waals surface area contributed by atoms with Crippen LogP contribution in [0.15, 0.2) is 29.2 Å². The minimum absolute atomic E-state index is 0.0631. The number of esters is 1. The highest BCUT2D eigenvalue weighted by atomic mass is 16.5. The lowest BCUT2D eigenvalue weighted by atomic mass is 10.4. The van der Waals surface area contributed by atoms with Gasteiger partial charge in [-0.05, 0) is 12.1 Å². The summed E-state index contributed by atoms with van der Waals surface area (Å²) in [6, 6.07) is 4.30. The van der Waals surface area contributed by atoms with Crippen molar-refractivity contribution in [2.24, 2.45) is 0 Å². The molecule has 0 amide bonds. The maximum Gasteiger partial charge on any atom is 0.357 e. The summed E-state index contributed by atoms with van der Waals surface area (Å²) >= 11 is 0. The molecule has 6 heteroatoms. The molecule has 2 rings (SSSR count). The van der Waals surface area contributed by atoms with E-state index in [0.29, 0.717) is 5.65 Å². The van der Waals surface area contributed by atoms with E-state index in [4.69, 9.17) is 0 Å². The van der Waals surface area contributed by atoms with Gasteiger partial charge >= 0.3 is 5.97 Å². The van der Waals surface area contributed by atoms with Gasteiger partial charge in [-0.3, -0.25) is 4.79 Å². The third-order valence-electron chi connectivity index (χ3n) is 1.84. The van der Waals surface area contributed by atoms with Crippen LogP contribution in [-0.4, -0.2) is 27.7 Å². The second kappa shape index (κ2) is 3.49. The van der Waals surface area contributed by atoms with E-state index >= 15 is 0 Å². The van der Waals surface area contributed by atoms with Crippen LogP contribution in [0.2, 0.25) is 0 Å². The van der Waals surface area contributed by atoms with Crippen molar-refractivity contribution in [2.75, 3.05) is 7.11 Å². The molecule has 0 radical (unpaired) electrons. The van der Waals surface area contributed by atoms with Crippen molar-refractivity contribution in [2.45, 2.75) is 0 Å². The van der Waals surface area contributed by atoms with Crippen LogP contribution in [0, 0.1) is 0 Å². The van der Waals surface area contributed by atoms with Crippen molar-refractivity contribution in [3.63, 3.8) is 0 Å². The van der Waals surface area contributed by atoms with Crippen LogP contribution >= 0.6 is 0 Å². The summed E-state index contributed by atoms with van der Waals surface area (Å²) in [5, 5.41) is 3.91. The third-order valence-corrected chi connectivity index (χ3v) is 1.84. The molecule has 6 nitrogen and oxygen atoms in total. The first kappa shape index (κ1) is 9.32. The zero-order chi connectivity index (χ0) is 10.8. The van der Waals surface area contributed by atoms with Gasteiger partial charge in [0, 0.05) is 12.3 Å². The van der Waals surface area contributed by atoms with Crippen LogP contribution in [0.3, 0.4) is 0 Å². The van der Waals surface area contributed by atoms with Crippen LogP contribution < -0.4 is 5.56 Å². The number of carbonyl (C=O) groups excluding carboxylic acids is 1. The number of carbonyl (C=O) groups is 1. The maximum atomic E-state index is 11.3. The number of hydrogen-bond donors (Lipinski definition) is 0. The molecule has 0 aliphatic rings. The van der Waals surface area contributed by atoms with E-state index < -0.39 is 11.5 Å². The van der Waals surface area contributed by atoms with Crippen LogP contribution in [0.5, 0.6) is 0 Å². The third kappa shape index (κ3) is 1.56. The van der Waals surface area contributed by atoms with Crippen molar-refractivity contribution in [1.82, 2.24) is 14.6 Å². The van der Waals surface area contributed by atoms with Gasteiger partial charge in [0.15, 0.2) is 11.3 Å². The molecule has 0 spiro atoms. The van der Waals surface area contributed by atoms with Gasteiger partial charge in [-0.2, -0.15) is 10.1 Å². The molecule has 0 unspecified atom stereocenters. The number of aromatic nitrogens is 3. The first-order valence-electron chi connectivity index (χ1n) is 4.16. The molecule has 0 N–H and O–H groups in total. The molecule has 0 bridgehead atoms. The molecule has 0 fully saturated rings. The Morgan fingerprint density at radius 2 is 2.33 bits per heavy atom. The highest BCUT2D eigenvalue weighted by molar-refractivity contribution is 5.87. The lowest BCUT2D eigenvalue weighted by molar-refractivity contribution is 0.0590. The molecule has 2 aromatic heterocycles. The average Bonchev–Trinajstić information content (AvgIpc) is 2.26. The molecule has 0 atom stereocenters. The van der Waals surface area contributed by atoms with Crippen molar-refractivity contribution in [1.29, 1.82) is 0 Å². The van der Waals surface area contributed by atoms with Crippen molar-refractivity contribution in [3.05, 3.63) is 40.4 Å². The lowest BCUT2D eigenvalue weighted by Gasteiger charge is -2.03. The van der Waals surface area contributed by atoms with E-state index in [1.165, 1.54) is 17.8 Å². The smallest absolute Gasteiger partial charge is 0.357 e. The molecule has 15 heavy (non-hydrogen) atoms. The lowest BCUT2D eigenvalue weighted by Crippen LogP contribution is -2.18. The van der Waals surface area contributed by atoms with E-state index in [9.17, 15) is 9.59 Å². The first-order valence-corrected chi connectivity index (χ1v) is 4.16. The fraction of sp³-hybridized carbons (Fsp3) is 0.111. The van der Waals surface area contributed by atoms with E-state index in [1.807, 2.05) is 0 Å². The Bertz CT molecular complexity index is 576. The highest BCUT2D eigenvalue weighted by Gasteiger charge is 2.12. The Hall–Kier alpha value is -2.24. The summed E-state index contributed by atoms with van der Waals surface area (Å²) in [5.41, 5.74) is -0.123. The Morgan fingerprint density at radius 1 is 1.53 bits per heavy atom. The number of nitrogens with zero attached hydrogens (tertiary/aromatic N) is 3. The molecule has 2 heterocycles. The summed E-state index contributed by atoms with van der Waals surface area (Å²) in [5.74, 6) is -0.622. The zero-order valence-corrected chi connectivity index (χ0v) is 7.88. The number of rotatable bonds is 1. The highest BCUT2D eigenvalue weighted by Crippen LogP contribution is 2.00. The predicted octanol–water partition coefficient (Wildman–Crippen LogP) is -0.124. The van der Waals surface area contributed by atoms with Gasteiger partial charge in [-0.15, -0.1) is 0 Å². The van der Waals surface area contributed by atoms with Crippen LogP contribution in [0.25, 0.3) is 5.65 Å². The molecular formula is C9H7N3O3. The Morgan fingerprint density at radius 3 is 3.07 bits per heavy atom. The van der Waals surface area contributed by atoms with Gasteiger partial charge in [0.25, 0.3) is 5.56 Å². The SMILES string of the molecule is COC(=O)c1cc(=O)nc2cccnn12. The number of hydrogen-bond acceptors (Lipinski definition) is 5. The summed E-state index contributed by atoms with van der Waals surface area (Å²) in [6.45, 7) is 0. The van der Waals surface area contributed by atoms with Crippen LogP contribution in [-0.2, 0) is 4.74 Å². The van der Waals surface area contributed by atoms with Crippen molar-refractivity contribution in [3.8, 4) is 0 Å². The largest absolute Gasteiger partial charge is 0.464 e. The first-order chi connectivity index (χ1) is 7.22. The topological polar surface area (TPSA) is 73.6 Å². The zero-order valence-electron chi connectivity index (χ0n) is 7.88. The maximum absolute atomic E-state index is 11.3. The van der Waals surface area contributed by atoms with E-state index in [-0.39, 0.29) is 5.69 Å². The molecular weight excluding hydrogens is 198 g/mol. The average molecular weight is 205 g/mol. The summed E-state index contributed by atoms with van der Waals surface area (Å²) < 4.78 is 5.79. The second-order valence-electron chi connectivity index (χ2n) is 2.76. The van der Waals surface area contributed by atoms with Crippen molar-refractivity contribution >= 4 is 11.6 Å². The summed E-state index contributed by atoms with van der Waals surface area (Å²) in [6.07, 6.45) is 1.49. The van der Waals surface area contributed by atoms with Gasteiger partial charge < -0.3 is 4.74 Å². The molecule has 0 saturated carbocycles. The molecule has 76 valence electrons. The molecule has 0 aliphatic heterocycles. The second-order valence-corrected chi connectivity index (χ2v) is 2.76. The Balaban J connectivity index is 2.82. The quantitative estimate of drug-likeness (QED) is 0.606. The number of fused-ring (bicyclic) bond motifs is 1. The van der Waals surface area contributed by atoms with E-state index in [0.717, 1.165) is 6.07 Å². The molecule has 2 aromatic rings. The minimum atomic E-state index is -0.622. The normalized spacial score (nSPS) is 10.2. The minimum Gasteiger partial charge on any atom is -0.464 e. The number of ether oxygens (including phenoxy) is 1. The Labute approximate surface area is 84.1 Å². The number of methoxy groups -OCH3 is 1. The van der Waals surface area contributed by atoms with Crippen LogP contribution in [0.1, 0.15) is 10.5 Å². The summed E-state index contributed by atoms with van der Waals surface area (Å²) in [7, 11) is 1.24. The predicted molar refractivity (Wildman–Crippen MR) is 50.6 cm³/mol. The fourth-order valence-electron chi connectivity index (χ4n) is 1.21.